The summed E-state index contributed by atoms with van der Waals surface area (Å²) in [4.78, 5) is 18.8. The largest absolute Gasteiger partial charge is 0.340 e. The molecule has 1 saturated heterocycles. The lowest BCUT2D eigenvalue weighted by molar-refractivity contribution is -0.130. The third-order valence-corrected chi connectivity index (χ3v) is 3.92. The fraction of sp³-hybridized carbons (Fsp3) is 0.467. The molecule has 1 aromatic carbocycles. The molecule has 106 valence electrons. The molecule has 2 N–H and O–H groups in total. The minimum atomic E-state index is 0.129. The molecule has 1 aliphatic rings. The van der Waals surface area contributed by atoms with Crippen LogP contribution in [0.5, 0.6) is 0 Å². The summed E-state index contributed by atoms with van der Waals surface area (Å²) >= 11 is 0. The Morgan fingerprint density at radius 2 is 2.25 bits per heavy atom. The van der Waals surface area contributed by atoms with Crippen LogP contribution in [0, 0.1) is 0 Å². The van der Waals surface area contributed by atoms with Crippen molar-refractivity contribution in [3.05, 3.63) is 30.1 Å². The molecule has 20 heavy (non-hydrogen) atoms. The highest BCUT2D eigenvalue weighted by molar-refractivity contribution is 5.81. The summed E-state index contributed by atoms with van der Waals surface area (Å²) in [6, 6.07) is 8.09. The van der Waals surface area contributed by atoms with Gasteiger partial charge in [0, 0.05) is 25.6 Å². The first kappa shape index (κ1) is 13.1. The van der Waals surface area contributed by atoms with E-state index in [1.807, 2.05) is 33.7 Å². The monoisotopic (exact) mass is 272 g/mol. The van der Waals surface area contributed by atoms with E-state index in [0.29, 0.717) is 13.1 Å². The van der Waals surface area contributed by atoms with Crippen molar-refractivity contribution in [2.45, 2.75) is 32.4 Å². The Labute approximate surface area is 118 Å². The van der Waals surface area contributed by atoms with E-state index in [4.69, 9.17) is 5.73 Å². The second kappa shape index (κ2) is 5.25. The van der Waals surface area contributed by atoms with Crippen LogP contribution in [0.25, 0.3) is 11.0 Å². The van der Waals surface area contributed by atoms with Crippen molar-refractivity contribution in [3.8, 4) is 0 Å². The number of benzene rings is 1. The molecule has 0 aliphatic carbocycles. The molecule has 3 rings (SSSR count). The van der Waals surface area contributed by atoms with Gasteiger partial charge in [0.25, 0.3) is 0 Å². The summed E-state index contributed by atoms with van der Waals surface area (Å²) in [5, 5.41) is 0. The summed E-state index contributed by atoms with van der Waals surface area (Å²) in [6.07, 6.45) is 1.72. The van der Waals surface area contributed by atoms with Crippen LogP contribution in [-0.4, -0.2) is 39.5 Å². The number of carbonyl (C=O) groups excluding carboxylic acids is 1. The molecule has 0 unspecified atom stereocenters. The fourth-order valence-electron chi connectivity index (χ4n) is 2.82. The maximum Gasteiger partial charge on any atom is 0.242 e. The molecule has 0 bridgehead atoms. The molecule has 5 nitrogen and oxygen atoms in total. The van der Waals surface area contributed by atoms with Gasteiger partial charge in [-0.1, -0.05) is 19.1 Å². The van der Waals surface area contributed by atoms with Gasteiger partial charge in [0.2, 0.25) is 5.91 Å². The van der Waals surface area contributed by atoms with Gasteiger partial charge in [-0.25, -0.2) is 4.98 Å². The zero-order valence-corrected chi connectivity index (χ0v) is 11.7. The average Bonchev–Trinajstić information content (AvgIpc) is 3.03. The van der Waals surface area contributed by atoms with Crippen molar-refractivity contribution in [3.63, 3.8) is 0 Å². The van der Waals surface area contributed by atoms with Crippen molar-refractivity contribution < 1.29 is 4.79 Å². The van der Waals surface area contributed by atoms with E-state index in [-0.39, 0.29) is 11.9 Å². The van der Waals surface area contributed by atoms with E-state index in [1.165, 1.54) is 0 Å². The third-order valence-electron chi connectivity index (χ3n) is 3.92. The van der Waals surface area contributed by atoms with Crippen LogP contribution in [0.1, 0.15) is 19.2 Å². The SMILES string of the molecule is CCc1nc2ccccc2n1CC(=O)N1CC[C@@H](N)C1. The Kier molecular flexibility index (Phi) is 3.44. The molecule has 2 aromatic rings. The number of imidazole rings is 1. The number of carbonyl (C=O) groups is 1. The van der Waals surface area contributed by atoms with Crippen molar-refractivity contribution >= 4 is 16.9 Å². The highest BCUT2D eigenvalue weighted by Crippen LogP contribution is 2.17. The number of fused-ring (bicyclic) bond motifs is 1. The average molecular weight is 272 g/mol. The smallest absolute Gasteiger partial charge is 0.242 e. The van der Waals surface area contributed by atoms with Gasteiger partial charge in [-0.2, -0.15) is 0 Å². The van der Waals surface area contributed by atoms with Crippen molar-refractivity contribution in [1.82, 2.24) is 14.5 Å². The van der Waals surface area contributed by atoms with E-state index in [1.54, 1.807) is 0 Å². The van der Waals surface area contributed by atoms with Crippen LogP contribution in [-0.2, 0) is 17.8 Å². The van der Waals surface area contributed by atoms with Gasteiger partial charge in [0.05, 0.1) is 11.0 Å². The molecule has 1 amide bonds. The maximum atomic E-state index is 12.4. The number of nitrogens with two attached hydrogens (primary N) is 1. The number of amides is 1. The molecule has 0 saturated carbocycles. The van der Waals surface area contributed by atoms with Crippen molar-refractivity contribution in [2.24, 2.45) is 5.73 Å². The Bertz CT molecular complexity index is 634. The van der Waals surface area contributed by atoms with Gasteiger partial charge in [0.1, 0.15) is 12.4 Å². The molecule has 2 heterocycles. The topological polar surface area (TPSA) is 64.2 Å². The predicted molar refractivity (Wildman–Crippen MR) is 78.3 cm³/mol. The number of hydrogen-bond acceptors (Lipinski definition) is 3. The van der Waals surface area contributed by atoms with Crippen LogP contribution in [0.4, 0.5) is 0 Å². The molecule has 1 aromatic heterocycles. The van der Waals surface area contributed by atoms with Crippen molar-refractivity contribution in [2.75, 3.05) is 13.1 Å². The van der Waals surface area contributed by atoms with Crippen LogP contribution < -0.4 is 5.73 Å². The minimum absolute atomic E-state index is 0.129. The summed E-state index contributed by atoms with van der Waals surface area (Å²) < 4.78 is 2.03. The van der Waals surface area contributed by atoms with Gasteiger partial charge in [0.15, 0.2) is 0 Å². The van der Waals surface area contributed by atoms with E-state index >= 15 is 0 Å². The van der Waals surface area contributed by atoms with Gasteiger partial charge in [-0.05, 0) is 18.6 Å². The van der Waals surface area contributed by atoms with E-state index in [0.717, 1.165) is 36.2 Å². The summed E-state index contributed by atoms with van der Waals surface area (Å²) in [7, 11) is 0. The fourth-order valence-corrected chi connectivity index (χ4v) is 2.82. The Morgan fingerprint density at radius 1 is 1.45 bits per heavy atom. The summed E-state index contributed by atoms with van der Waals surface area (Å²) in [5.74, 6) is 1.10. The second-order valence-electron chi connectivity index (χ2n) is 5.34. The van der Waals surface area contributed by atoms with E-state index < -0.39 is 0 Å². The van der Waals surface area contributed by atoms with Gasteiger partial charge < -0.3 is 15.2 Å². The van der Waals surface area contributed by atoms with Crippen LogP contribution >= 0.6 is 0 Å². The minimum Gasteiger partial charge on any atom is -0.340 e. The molecular formula is C15H20N4O. The number of aryl methyl sites for hydroxylation is 1. The predicted octanol–water partition coefficient (Wildman–Crippen LogP) is 1.16. The van der Waals surface area contributed by atoms with Gasteiger partial charge in [-0.3, -0.25) is 4.79 Å². The lowest BCUT2D eigenvalue weighted by Gasteiger charge is -2.17. The number of rotatable bonds is 3. The summed E-state index contributed by atoms with van der Waals surface area (Å²) in [5.41, 5.74) is 7.85. The van der Waals surface area contributed by atoms with Crippen LogP contribution in [0.3, 0.4) is 0 Å². The normalized spacial score (nSPS) is 18.9. The molecular weight excluding hydrogens is 252 g/mol. The number of para-hydroxylation sites is 2. The highest BCUT2D eigenvalue weighted by Gasteiger charge is 2.24. The zero-order chi connectivity index (χ0) is 14.1. The standard InChI is InChI=1S/C15H20N4O/c1-2-14-17-12-5-3-4-6-13(12)19(14)10-15(20)18-8-7-11(16)9-18/h3-6,11H,2,7-10,16H2,1H3/t11-/m1/s1. The maximum absolute atomic E-state index is 12.4. The van der Waals surface area contributed by atoms with Gasteiger partial charge in [-0.15, -0.1) is 0 Å². The Morgan fingerprint density at radius 3 is 2.95 bits per heavy atom. The second-order valence-corrected chi connectivity index (χ2v) is 5.34. The lowest BCUT2D eigenvalue weighted by Crippen LogP contribution is -2.34. The lowest BCUT2D eigenvalue weighted by atomic mass is 10.3. The molecule has 1 fully saturated rings. The first-order chi connectivity index (χ1) is 9.69. The Balaban J connectivity index is 1.88. The quantitative estimate of drug-likeness (QED) is 0.912. The number of hydrogen-bond donors (Lipinski definition) is 1. The van der Waals surface area contributed by atoms with Gasteiger partial charge >= 0.3 is 0 Å². The summed E-state index contributed by atoms with van der Waals surface area (Å²) in [6.45, 7) is 3.87. The highest BCUT2D eigenvalue weighted by atomic mass is 16.2. The zero-order valence-electron chi connectivity index (χ0n) is 11.7. The molecule has 0 spiro atoms. The van der Waals surface area contributed by atoms with E-state index in [9.17, 15) is 4.79 Å². The number of likely N-dealkylation sites (tertiary alicyclic amines) is 1. The number of aromatic nitrogens is 2. The Hall–Kier alpha value is -1.88. The van der Waals surface area contributed by atoms with Crippen LogP contribution in [0.15, 0.2) is 24.3 Å². The van der Waals surface area contributed by atoms with E-state index in [2.05, 4.69) is 11.9 Å². The molecule has 0 radical (unpaired) electrons. The molecule has 5 heteroatoms. The van der Waals surface area contributed by atoms with Crippen LogP contribution in [0.2, 0.25) is 0 Å². The van der Waals surface area contributed by atoms with Crippen molar-refractivity contribution in [1.29, 1.82) is 0 Å². The molecule has 1 aliphatic heterocycles. The third kappa shape index (κ3) is 2.29. The first-order valence-corrected chi connectivity index (χ1v) is 7.16. The number of nitrogens with zero attached hydrogens (tertiary/aromatic N) is 3. The first-order valence-electron chi connectivity index (χ1n) is 7.16. The molecule has 1 atom stereocenters.